The number of ether oxygens (including phenoxy) is 3. The van der Waals surface area contributed by atoms with Gasteiger partial charge in [-0.3, -0.25) is 4.90 Å². The van der Waals surface area contributed by atoms with Crippen LogP contribution in [-0.4, -0.2) is 56.4 Å². The second-order valence-electron chi connectivity index (χ2n) is 5.70. The first kappa shape index (κ1) is 14.4. The molecule has 1 aromatic carbocycles. The smallest absolute Gasteiger partial charge is 0.336 e. The number of hydrogen-bond donors (Lipinski definition) is 0. The zero-order valence-corrected chi connectivity index (χ0v) is 12.5. The lowest BCUT2D eigenvalue weighted by Crippen LogP contribution is -2.49. The zero-order valence-electron chi connectivity index (χ0n) is 12.5. The number of benzene rings is 1. The standard InChI is InChI=1S/C16H21NO4/c1-11-3-4-14-12(7-11)8-13(21-14)9-17-5-6-20-15(10-17)16(18)19-2/h3-4,7,13,15H,5-6,8-10H2,1-2H3. The monoisotopic (exact) mass is 291 g/mol. The van der Waals surface area contributed by atoms with Gasteiger partial charge in [-0.1, -0.05) is 17.7 Å². The molecule has 114 valence electrons. The van der Waals surface area contributed by atoms with Gasteiger partial charge < -0.3 is 14.2 Å². The number of morpholine rings is 1. The maximum Gasteiger partial charge on any atom is 0.336 e. The highest BCUT2D eigenvalue weighted by Gasteiger charge is 2.31. The van der Waals surface area contributed by atoms with Crippen molar-refractivity contribution in [2.75, 3.05) is 33.4 Å². The summed E-state index contributed by atoms with van der Waals surface area (Å²) in [6.07, 6.45) is 0.602. The molecule has 0 saturated carbocycles. The Balaban J connectivity index is 1.57. The molecular weight excluding hydrogens is 270 g/mol. The third-order valence-corrected chi connectivity index (χ3v) is 4.03. The van der Waals surface area contributed by atoms with Crippen LogP contribution < -0.4 is 4.74 Å². The van der Waals surface area contributed by atoms with Crippen LogP contribution >= 0.6 is 0 Å². The van der Waals surface area contributed by atoms with E-state index in [1.807, 2.05) is 6.07 Å². The molecule has 0 spiro atoms. The molecule has 0 bridgehead atoms. The van der Waals surface area contributed by atoms with Crippen molar-refractivity contribution in [2.24, 2.45) is 0 Å². The molecule has 2 atom stereocenters. The van der Waals surface area contributed by atoms with Crippen LogP contribution in [0.5, 0.6) is 5.75 Å². The summed E-state index contributed by atoms with van der Waals surface area (Å²) in [5.74, 6) is 0.689. The van der Waals surface area contributed by atoms with Crippen molar-refractivity contribution in [2.45, 2.75) is 25.6 Å². The maximum atomic E-state index is 11.6. The van der Waals surface area contributed by atoms with Gasteiger partial charge in [0.1, 0.15) is 11.9 Å². The highest BCUT2D eigenvalue weighted by Crippen LogP contribution is 2.30. The minimum Gasteiger partial charge on any atom is -0.488 e. The van der Waals surface area contributed by atoms with Gasteiger partial charge in [0.25, 0.3) is 0 Å². The molecule has 5 heteroatoms. The number of fused-ring (bicyclic) bond motifs is 1. The van der Waals surface area contributed by atoms with Crippen molar-refractivity contribution < 1.29 is 19.0 Å². The molecule has 0 N–H and O–H groups in total. The van der Waals surface area contributed by atoms with Crippen LogP contribution in [0.25, 0.3) is 0 Å². The van der Waals surface area contributed by atoms with Gasteiger partial charge in [-0.05, 0) is 18.6 Å². The summed E-state index contributed by atoms with van der Waals surface area (Å²) in [7, 11) is 1.39. The predicted octanol–water partition coefficient (Wildman–Crippen LogP) is 1.17. The Morgan fingerprint density at radius 3 is 3.14 bits per heavy atom. The molecule has 0 radical (unpaired) electrons. The average Bonchev–Trinajstić information content (AvgIpc) is 2.88. The van der Waals surface area contributed by atoms with Crippen LogP contribution in [0.1, 0.15) is 11.1 Å². The summed E-state index contributed by atoms with van der Waals surface area (Å²) < 4.78 is 16.2. The Morgan fingerprint density at radius 2 is 2.33 bits per heavy atom. The second-order valence-corrected chi connectivity index (χ2v) is 5.70. The molecule has 0 amide bonds. The Labute approximate surface area is 124 Å². The summed E-state index contributed by atoms with van der Waals surface area (Å²) in [4.78, 5) is 13.8. The quantitative estimate of drug-likeness (QED) is 0.783. The van der Waals surface area contributed by atoms with Crippen molar-refractivity contribution in [1.29, 1.82) is 0 Å². The van der Waals surface area contributed by atoms with Gasteiger partial charge in [-0.2, -0.15) is 0 Å². The zero-order chi connectivity index (χ0) is 14.8. The maximum absolute atomic E-state index is 11.6. The Morgan fingerprint density at radius 1 is 1.48 bits per heavy atom. The largest absolute Gasteiger partial charge is 0.488 e. The van der Waals surface area contributed by atoms with Crippen molar-refractivity contribution in [1.82, 2.24) is 4.90 Å². The molecule has 2 unspecified atom stereocenters. The van der Waals surface area contributed by atoms with E-state index in [4.69, 9.17) is 14.2 Å². The molecule has 21 heavy (non-hydrogen) atoms. The summed E-state index contributed by atoms with van der Waals surface area (Å²) in [6.45, 7) is 4.85. The second kappa shape index (κ2) is 6.03. The van der Waals surface area contributed by atoms with Gasteiger partial charge in [-0.25, -0.2) is 4.79 Å². The molecule has 2 aliphatic rings. The first-order valence-corrected chi connectivity index (χ1v) is 7.33. The lowest BCUT2D eigenvalue weighted by molar-refractivity contribution is -0.160. The van der Waals surface area contributed by atoms with Gasteiger partial charge in [0.2, 0.25) is 0 Å². The van der Waals surface area contributed by atoms with Gasteiger partial charge in [-0.15, -0.1) is 0 Å². The topological polar surface area (TPSA) is 48.0 Å². The minimum atomic E-state index is -0.477. The summed E-state index contributed by atoms with van der Waals surface area (Å²) >= 11 is 0. The van der Waals surface area contributed by atoms with E-state index in [-0.39, 0.29) is 12.1 Å². The van der Waals surface area contributed by atoms with E-state index >= 15 is 0 Å². The van der Waals surface area contributed by atoms with E-state index < -0.39 is 6.10 Å². The number of rotatable bonds is 3. The lowest BCUT2D eigenvalue weighted by atomic mass is 10.1. The molecule has 1 saturated heterocycles. The summed E-state index contributed by atoms with van der Waals surface area (Å²) in [5, 5.41) is 0. The third kappa shape index (κ3) is 3.19. The van der Waals surface area contributed by atoms with Crippen LogP contribution in [0.4, 0.5) is 0 Å². The number of nitrogens with zero attached hydrogens (tertiary/aromatic N) is 1. The van der Waals surface area contributed by atoms with Crippen LogP contribution in [0.2, 0.25) is 0 Å². The van der Waals surface area contributed by atoms with E-state index in [1.165, 1.54) is 18.2 Å². The molecule has 5 nitrogen and oxygen atoms in total. The van der Waals surface area contributed by atoms with Gasteiger partial charge in [0.15, 0.2) is 6.10 Å². The van der Waals surface area contributed by atoms with Crippen LogP contribution in [0.3, 0.4) is 0 Å². The fourth-order valence-corrected chi connectivity index (χ4v) is 2.98. The molecule has 2 aliphatic heterocycles. The number of carbonyl (C=O) groups is 1. The van der Waals surface area contributed by atoms with Gasteiger partial charge in [0, 0.05) is 26.1 Å². The molecule has 0 aliphatic carbocycles. The predicted molar refractivity (Wildman–Crippen MR) is 77.5 cm³/mol. The Kier molecular flexibility index (Phi) is 4.12. The normalized spacial score (nSPS) is 25.2. The first-order chi connectivity index (χ1) is 10.2. The summed E-state index contributed by atoms with van der Waals surface area (Å²) in [5.41, 5.74) is 2.54. The highest BCUT2D eigenvalue weighted by molar-refractivity contribution is 5.74. The van der Waals surface area contributed by atoms with Crippen LogP contribution in [-0.2, 0) is 20.7 Å². The molecule has 1 fully saturated rings. The SMILES string of the molecule is COC(=O)C1CN(CC2Cc3cc(C)ccc3O2)CCO1. The van der Waals surface area contributed by atoms with Gasteiger partial charge in [0.05, 0.1) is 13.7 Å². The fraction of sp³-hybridized carbons (Fsp3) is 0.562. The van der Waals surface area contributed by atoms with Crippen molar-refractivity contribution >= 4 is 5.97 Å². The third-order valence-electron chi connectivity index (χ3n) is 4.03. The van der Waals surface area contributed by atoms with Crippen molar-refractivity contribution in [3.63, 3.8) is 0 Å². The summed E-state index contributed by atoms with van der Waals surface area (Å²) in [6, 6.07) is 6.30. The molecular formula is C16H21NO4. The Bertz CT molecular complexity index is 531. The number of aryl methyl sites for hydroxylation is 1. The highest BCUT2D eigenvalue weighted by atomic mass is 16.6. The first-order valence-electron chi connectivity index (χ1n) is 7.33. The lowest BCUT2D eigenvalue weighted by Gasteiger charge is -2.32. The number of carbonyl (C=O) groups excluding carboxylic acids is 1. The van der Waals surface area contributed by atoms with E-state index in [1.54, 1.807) is 0 Å². The minimum absolute atomic E-state index is 0.151. The number of methoxy groups -OCH3 is 1. The average molecular weight is 291 g/mol. The van der Waals surface area contributed by atoms with Crippen LogP contribution in [0.15, 0.2) is 18.2 Å². The fourth-order valence-electron chi connectivity index (χ4n) is 2.98. The van der Waals surface area contributed by atoms with E-state index in [2.05, 4.69) is 24.0 Å². The number of hydrogen-bond acceptors (Lipinski definition) is 5. The Hall–Kier alpha value is -1.59. The molecule has 1 aromatic rings. The van der Waals surface area contributed by atoms with Crippen LogP contribution in [0, 0.1) is 6.92 Å². The van der Waals surface area contributed by atoms with Gasteiger partial charge >= 0.3 is 5.97 Å². The molecule has 0 aromatic heterocycles. The van der Waals surface area contributed by atoms with Crippen molar-refractivity contribution in [3.8, 4) is 5.75 Å². The molecule has 2 heterocycles. The number of esters is 1. The van der Waals surface area contributed by atoms with Crippen molar-refractivity contribution in [3.05, 3.63) is 29.3 Å². The van der Waals surface area contributed by atoms with E-state index in [0.29, 0.717) is 13.2 Å². The van der Waals surface area contributed by atoms with E-state index in [9.17, 15) is 4.79 Å². The molecule has 3 rings (SSSR count). The van der Waals surface area contributed by atoms with E-state index in [0.717, 1.165) is 25.3 Å².